The van der Waals surface area contributed by atoms with Crippen LogP contribution in [0.5, 0.6) is 0 Å². The minimum atomic E-state index is -0.157. The van der Waals surface area contributed by atoms with Gasteiger partial charge in [-0.05, 0) is 17.5 Å². The smallest absolute Gasteiger partial charge is 0.277 e. The minimum absolute atomic E-state index is 0.157. The average Bonchev–Trinajstić information content (AvgIpc) is 2.71. The predicted octanol–water partition coefficient (Wildman–Crippen LogP) is 0.876. The van der Waals surface area contributed by atoms with E-state index in [2.05, 4.69) is 5.10 Å². The molecular weight excluding hydrogens is 198 g/mol. The summed E-state index contributed by atoms with van der Waals surface area (Å²) in [7, 11) is 1.59. The van der Waals surface area contributed by atoms with E-state index in [4.69, 9.17) is 5.73 Å². The molecule has 2 heterocycles. The zero-order chi connectivity index (χ0) is 10.1. The molecule has 0 spiro atoms. The normalized spacial score (nSPS) is 19.2. The highest BCUT2D eigenvalue weighted by Crippen LogP contribution is 2.17. The van der Waals surface area contributed by atoms with Crippen LogP contribution in [0.25, 0.3) is 6.08 Å². The number of nitrogens with zero attached hydrogens (tertiary/aromatic N) is 2. The molecule has 0 radical (unpaired) electrons. The summed E-state index contributed by atoms with van der Waals surface area (Å²) in [5.74, 6) is 0.127. The number of carbonyl (C=O) groups excluding carboxylic acids is 1. The van der Waals surface area contributed by atoms with Crippen molar-refractivity contribution >= 4 is 29.2 Å². The molecule has 0 saturated heterocycles. The second-order valence-corrected chi connectivity index (χ2v) is 3.87. The van der Waals surface area contributed by atoms with Crippen molar-refractivity contribution in [2.75, 3.05) is 7.05 Å². The molecule has 1 aliphatic rings. The molecule has 0 aliphatic carbocycles. The molecule has 0 unspecified atom stereocenters. The third-order valence-electron chi connectivity index (χ3n) is 1.89. The fourth-order valence-corrected chi connectivity index (χ4v) is 1.85. The van der Waals surface area contributed by atoms with Gasteiger partial charge in [0.1, 0.15) is 0 Å². The zero-order valence-electron chi connectivity index (χ0n) is 7.60. The maximum Gasteiger partial charge on any atom is 0.277 e. The Bertz CT molecular complexity index is 419. The fourth-order valence-electron chi connectivity index (χ4n) is 1.20. The van der Waals surface area contributed by atoms with Gasteiger partial charge in [0.15, 0.2) is 5.84 Å². The van der Waals surface area contributed by atoms with Gasteiger partial charge in [-0.2, -0.15) is 5.10 Å². The SMILES string of the molecule is CN1N=C(N)/C(=C/c2cccs2)C1=O. The summed E-state index contributed by atoms with van der Waals surface area (Å²) in [5.41, 5.74) is 6.07. The Morgan fingerprint density at radius 3 is 2.93 bits per heavy atom. The Morgan fingerprint density at radius 1 is 1.64 bits per heavy atom. The lowest BCUT2D eigenvalue weighted by atomic mass is 10.2. The Morgan fingerprint density at radius 2 is 2.43 bits per heavy atom. The molecule has 2 N–H and O–H groups in total. The molecule has 0 fully saturated rings. The summed E-state index contributed by atoms with van der Waals surface area (Å²) >= 11 is 1.56. The van der Waals surface area contributed by atoms with Crippen LogP contribution in [0.1, 0.15) is 4.88 Å². The van der Waals surface area contributed by atoms with Gasteiger partial charge in [-0.25, -0.2) is 5.01 Å². The largest absolute Gasteiger partial charge is 0.382 e. The highest BCUT2D eigenvalue weighted by Gasteiger charge is 2.25. The lowest BCUT2D eigenvalue weighted by molar-refractivity contribution is -0.124. The van der Waals surface area contributed by atoms with Crippen molar-refractivity contribution < 1.29 is 4.79 Å². The lowest BCUT2D eigenvalue weighted by Gasteiger charge is -2.00. The van der Waals surface area contributed by atoms with E-state index in [0.717, 1.165) is 4.88 Å². The molecule has 1 aromatic heterocycles. The predicted molar refractivity (Wildman–Crippen MR) is 56.7 cm³/mol. The number of carbonyl (C=O) groups is 1. The topological polar surface area (TPSA) is 58.7 Å². The quantitative estimate of drug-likeness (QED) is 0.695. The first-order valence-corrected chi connectivity index (χ1v) is 4.94. The van der Waals surface area contributed by atoms with Crippen molar-refractivity contribution in [3.8, 4) is 0 Å². The van der Waals surface area contributed by atoms with Crippen LogP contribution in [-0.4, -0.2) is 23.8 Å². The van der Waals surface area contributed by atoms with Crippen LogP contribution in [0, 0.1) is 0 Å². The van der Waals surface area contributed by atoms with Crippen molar-refractivity contribution in [2.24, 2.45) is 10.8 Å². The molecule has 0 aromatic carbocycles. The Labute approximate surface area is 85.3 Å². The molecule has 1 aromatic rings. The summed E-state index contributed by atoms with van der Waals surface area (Å²) in [6.45, 7) is 0. The first kappa shape index (κ1) is 8.96. The van der Waals surface area contributed by atoms with E-state index >= 15 is 0 Å². The summed E-state index contributed by atoms with van der Waals surface area (Å²) in [4.78, 5) is 12.5. The van der Waals surface area contributed by atoms with E-state index in [-0.39, 0.29) is 11.7 Å². The number of hydrogen-bond acceptors (Lipinski definition) is 4. The van der Waals surface area contributed by atoms with E-state index < -0.39 is 0 Å². The first-order chi connectivity index (χ1) is 6.68. The highest BCUT2D eigenvalue weighted by atomic mass is 32.1. The zero-order valence-corrected chi connectivity index (χ0v) is 8.41. The number of rotatable bonds is 1. The van der Waals surface area contributed by atoms with Crippen molar-refractivity contribution in [1.29, 1.82) is 0 Å². The molecule has 1 amide bonds. The number of nitrogens with two attached hydrogens (primary N) is 1. The fraction of sp³-hybridized carbons (Fsp3) is 0.111. The number of likely N-dealkylation sites (N-methyl/N-ethyl adjacent to an activating group) is 1. The second-order valence-electron chi connectivity index (χ2n) is 2.89. The lowest BCUT2D eigenvalue weighted by Crippen LogP contribution is -2.18. The van der Waals surface area contributed by atoms with Gasteiger partial charge >= 0.3 is 0 Å². The van der Waals surface area contributed by atoms with Gasteiger partial charge in [0, 0.05) is 11.9 Å². The van der Waals surface area contributed by atoms with Crippen molar-refractivity contribution in [3.05, 3.63) is 28.0 Å². The van der Waals surface area contributed by atoms with Crippen LogP contribution in [0.15, 0.2) is 28.2 Å². The van der Waals surface area contributed by atoms with Crippen LogP contribution in [0.3, 0.4) is 0 Å². The standard InChI is InChI=1S/C9H9N3OS/c1-12-9(13)7(8(10)11-12)5-6-3-2-4-14-6/h2-5H,1H3,(H2,10,11)/b7-5-. The molecule has 14 heavy (non-hydrogen) atoms. The van der Waals surface area contributed by atoms with Crippen molar-refractivity contribution in [2.45, 2.75) is 0 Å². The third-order valence-corrected chi connectivity index (χ3v) is 2.71. The first-order valence-electron chi connectivity index (χ1n) is 4.06. The van der Waals surface area contributed by atoms with Gasteiger partial charge in [-0.15, -0.1) is 11.3 Å². The number of amides is 1. The number of hydrazone groups is 1. The molecule has 0 bridgehead atoms. The second kappa shape index (κ2) is 3.26. The molecule has 2 rings (SSSR count). The molecule has 0 saturated carbocycles. The summed E-state index contributed by atoms with van der Waals surface area (Å²) in [6, 6.07) is 3.85. The Kier molecular flexibility index (Phi) is 2.09. The maximum atomic E-state index is 11.5. The molecule has 1 aliphatic heterocycles. The average molecular weight is 207 g/mol. The van der Waals surface area contributed by atoms with Crippen LogP contribution in [-0.2, 0) is 4.79 Å². The molecule has 0 atom stereocenters. The molecule has 4 nitrogen and oxygen atoms in total. The van der Waals surface area contributed by atoms with Gasteiger partial charge in [-0.3, -0.25) is 4.79 Å². The monoisotopic (exact) mass is 207 g/mol. The van der Waals surface area contributed by atoms with E-state index in [1.165, 1.54) is 5.01 Å². The van der Waals surface area contributed by atoms with E-state index in [9.17, 15) is 4.79 Å². The molecular formula is C9H9N3OS. The number of thiophene rings is 1. The maximum absolute atomic E-state index is 11.5. The van der Waals surface area contributed by atoms with Crippen LogP contribution in [0.2, 0.25) is 0 Å². The van der Waals surface area contributed by atoms with E-state index in [1.54, 1.807) is 24.5 Å². The molecule has 72 valence electrons. The van der Waals surface area contributed by atoms with Gasteiger partial charge in [0.2, 0.25) is 0 Å². The summed E-state index contributed by atoms with van der Waals surface area (Å²) in [5, 5.41) is 7.04. The Balaban J connectivity index is 2.36. The van der Waals surface area contributed by atoms with Crippen molar-refractivity contribution in [1.82, 2.24) is 5.01 Å². The van der Waals surface area contributed by atoms with E-state index in [1.807, 2.05) is 17.5 Å². The highest BCUT2D eigenvalue weighted by molar-refractivity contribution is 7.10. The van der Waals surface area contributed by atoms with Crippen LogP contribution >= 0.6 is 11.3 Å². The van der Waals surface area contributed by atoms with Crippen molar-refractivity contribution in [3.63, 3.8) is 0 Å². The van der Waals surface area contributed by atoms with Gasteiger partial charge in [-0.1, -0.05) is 6.07 Å². The van der Waals surface area contributed by atoms with Crippen LogP contribution < -0.4 is 5.73 Å². The van der Waals surface area contributed by atoms with Gasteiger partial charge in [0.05, 0.1) is 5.57 Å². The van der Waals surface area contributed by atoms with Gasteiger partial charge in [0.25, 0.3) is 5.91 Å². The van der Waals surface area contributed by atoms with Crippen LogP contribution in [0.4, 0.5) is 0 Å². The Hall–Kier alpha value is -1.62. The summed E-state index contributed by atoms with van der Waals surface area (Å²) in [6.07, 6.45) is 1.76. The summed E-state index contributed by atoms with van der Waals surface area (Å²) < 4.78 is 0. The number of hydrogen-bond donors (Lipinski definition) is 1. The molecule has 5 heteroatoms. The number of amidine groups is 1. The van der Waals surface area contributed by atoms with E-state index in [0.29, 0.717) is 5.57 Å². The third kappa shape index (κ3) is 1.42. The van der Waals surface area contributed by atoms with Gasteiger partial charge < -0.3 is 5.73 Å². The minimum Gasteiger partial charge on any atom is -0.382 e.